The highest BCUT2D eigenvalue weighted by Crippen LogP contribution is 2.17. The lowest BCUT2D eigenvalue weighted by Crippen LogP contribution is -1.97. The second kappa shape index (κ2) is 3.38. The van der Waals surface area contributed by atoms with E-state index in [0.29, 0.717) is 6.54 Å². The monoisotopic (exact) mass is 190 g/mol. The summed E-state index contributed by atoms with van der Waals surface area (Å²) in [4.78, 5) is 4.34. The fourth-order valence-corrected chi connectivity index (χ4v) is 1.63. The zero-order valence-corrected chi connectivity index (χ0v) is 8.49. The maximum Gasteiger partial charge on any atom is 0.157 e. The van der Waals surface area contributed by atoms with E-state index in [9.17, 15) is 0 Å². The molecule has 0 unspecified atom stereocenters. The summed E-state index contributed by atoms with van der Waals surface area (Å²) in [7, 11) is 1.91. The molecule has 2 rings (SSSR count). The van der Waals surface area contributed by atoms with Gasteiger partial charge in [0, 0.05) is 25.2 Å². The van der Waals surface area contributed by atoms with Crippen LogP contribution in [0, 0.1) is 0 Å². The van der Waals surface area contributed by atoms with Crippen LogP contribution in [0.15, 0.2) is 12.3 Å². The summed E-state index contributed by atoms with van der Waals surface area (Å²) in [5.74, 6) is 0. The van der Waals surface area contributed by atoms with E-state index in [1.807, 2.05) is 17.9 Å². The van der Waals surface area contributed by atoms with Crippen molar-refractivity contribution in [2.24, 2.45) is 12.8 Å². The van der Waals surface area contributed by atoms with Crippen LogP contribution >= 0.6 is 0 Å². The summed E-state index contributed by atoms with van der Waals surface area (Å²) in [5.41, 5.74) is 8.65. The Hall–Kier alpha value is -1.42. The molecule has 0 saturated heterocycles. The predicted octanol–water partition coefficient (Wildman–Crippen LogP) is 0.989. The maximum atomic E-state index is 5.57. The fourth-order valence-electron chi connectivity index (χ4n) is 1.63. The van der Waals surface area contributed by atoms with Crippen molar-refractivity contribution in [1.29, 1.82) is 0 Å². The third-order valence-electron chi connectivity index (χ3n) is 2.38. The Balaban J connectivity index is 2.71. The van der Waals surface area contributed by atoms with Crippen LogP contribution in [0.2, 0.25) is 0 Å². The predicted molar refractivity (Wildman–Crippen MR) is 55.8 cm³/mol. The van der Waals surface area contributed by atoms with Gasteiger partial charge in [-0.25, -0.2) is 4.98 Å². The van der Waals surface area contributed by atoms with Gasteiger partial charge in [0.15, 0.2) is 5.65 Å². The van der Waals surface area contributed by atoms with Crippen molar-refractivity contribution in [2.45, 2.75) is 19.9 Å². The third kappa shape index (κ3) is 1.28. The van der Waals surface area contributed by atoms with Crippen LogP contribution < -0.4 is 5.73 Å². The number of nitrogens with zero attached hydrogens (tertiary/aromatic N) is 3. The van der Waals surface area contributed by atoms with Crippen LogP contribution in [0.4, 0.5) is 0 Å². The van der Waals surface area contributed by atoms with Gasteiger partial charge < -0.3 is 5.73 Å². The zero-order chi connectivity index (χ0) is 10.1. The molecule has 2 heterocycles. The van der Waals surface area contributed by atoms with Gasteiger partial charge in [-0.3, -0.25) is 4.68 Å². The Bertz CT molecular complexity index is 458. The van der Waals surface area contributed by atoms with Gasteiger partial charge in [0.25, 0.3) is 0 Å². The fraction of sp³-hybridized carbons (Fsp3) is 0.400. The van der Waals surface area contributed by atoms with Gasteiger partial charge in [-0.05, 0) is 18.1 Å². The molecule has 0 spiro atoms. The molecule has 0 bridgehead atoms. The molecule has 14 heavy (non-hydrogen) atoms. The normalized spacial score (nSPS) is 11.1. The first-order valence-electron chi connectivity index (χ1n) is 4.76. The van der Waals surface area contributed by atoms with E-state index in [2.05, 4.69) is 23.1 Å². The molecule has 0 saturated carbocycles. The van der Waals surface area contributed by atoms with Crippen molar-refractivity contribution in [3.63, 3.8) is 0 Å². The molecule has 2 aromatic rings. The van der Waals surface area contributed by atoms with Gasteiger partial charge in [0.1, 0.15) is 0 Å². The molecule has 0 aromatic carbocycles. The lowest BCUT2D eigenvalue weighted by atomic mass is 10.2. The number of nitrogens with two attached hydrogens (primary N) is 1. The first-order valence-corrected chi connectivity index (χ1v) is 4.76. The van der Waals surface area contributed by atoms with Gasteiger partial charge in [0.05, 0.1) is 5.69 Å². The number of rotatable bonds is 2. The number of fused-ring (bicyclic) bond motifs is 1. The van der Waals surface area contributed by atoms with Crippen LogP contribution in [0.25, 0.3) is 11.0 Å². The highest BCUT2D eigenvalue weighted by molar-refractivity contribution is 5.78. The summed E-state index contributed by atoms with van der Waals surface area (Å²) < 4.78 is 1.81. The van der Waals surface area contributed by atoms with Crippen LogP contribution in [0.5, 0.6) is 0 Å². The highest BCUT2D eigenvalue weighted by Gasteiger charge is 2.07. The van der Waals surface area contributed by atoms with E-state index in [4.69, 9.17) is 5.73 Å². The Morgan fingerprint density at radius 1 is 1.50 bits per heavy atom. The van der Waals surface area contributed by atoms with Crippen molar-refractivity contribution < 1.29 is 0 Å². The van der Waals surface area contributed by atoms with E-state index in [1.54, 1.807) is 0 Å². The number of hydrogen-bond acceptors (Lipinski definition) is 3. The second-order valence-corrected chi connectivity index (χ2v) is 3.34. The molecule has 4 nitrogen and oxygen atoms in total. The minimum Gasteiger partial charge on any atom is -0.326 e. The maximum absolute atomic E-state index is 5.57. The van der Waals surface area contributed by atoms with Crippen molar-refractivity contribution >= 4 is 11.0 Å². The molecule has 0 radical (unpaired) electrons. The highest BCUT2D eigenvalue weighted by atomic mass is 15.3. The first kappa shape index (κ1) is 9.15. The van der Waals surface area contributed by atoms with Crippen LogP contribution in [0.1, 0.15) is 18.2 Å². The summed E-state index contributed by atoms with van der Waals surface area (Å²) >= 11 is 0. The number of pyridine rings is 1. The zero-order valence-electron chi connectivity index (χ0n) is 8.49. The Kier molecular flexibility index (Phi) is 2.21. The van der Waals surface area contributed by atoms with Gasteiger partial charge in [-0.1, -0.05) is 6.92 Å². The molecule has 0 amide bonds. The van der Waals surface area contributed by atoms with E-state index < -0.39 is 0 Å². The number of aromatic nitrogens is 3. The van der Waals surface area contributed by atoms with Crippen LogP contribution in [-0.4, -0.2) is 14.8 Å². The summed E-state index contributed by atoms with van der Waals surface area (Å²) in [6, 6.07) is 2.08. The van der Waals surface area contributed by atoms with Gasteiger partial charge in [0.2, 0.25) is 0 Å². The molecular weight excluding hydrogens is 176 g/mol. The largest absolute Gasteiger partial charge is 0.326 e. The minimum absolute atomic E-state index is 0.529. The van der Waals surface area contributed by atoms with Gasteiger partial charge >= 0.3 is 0 Å². The Labute approximate surface area is 82.7 Å². The summed E-state index contributed by atoms with van der Waals surface area (Å²) in [5, 5.41) is 5.52. The lowest BCUT2D eigenvalue weighted by Gasteiger charge is -1.97. The average Bonchev–Trinajstić information content (AvgIpc) is 2.55. The molecular formula is C10H14N4. The molecule has 0 atom stereocenters. The standard InChI is InChI=1S/C10H14N4/c1-3-9-8-4-7(5-11)6-12-10(8)14(2)13-9/h4,6H,3,5,11H2,1-2H3. The molecule has 2 N–H and O–H groups in total. The molecule has 4 heteroatoms. The van der Waals surface area contributed by atoms with E-state index in [0.717, 1.165) is 28.7 Å². The lowest BCUT2D eigenvalue weighted by molar-refractivity contribution is 0.761. The molecule has 0 aliphatic rings. The van der Waals surface area contributed by atoms with Gasteiger partial charge in [-0.15, -0.1) is 0 Å². The number of aryl methyl sites for hydroxylation is 2. The first-order chi connectivity index (χ1) is 6.76. The van der Waals surface area contributed by atoms with E-state index in [1.165, 1.54) is 0 Å². The second-order valence-electron chi connectivity index (χ2n) is 3.34. The molecule has 0 fully saturated rings. The average molecular weight is 190 g/mol. The van der Waals surface area contributed by atoms with Crippen molar-refractivity contribution in [3.8, 4) is 0 Å². The van der Waals surface area contributed by atoms with Crippen molar-refractivity contribution in [3.05, 3.63) is 23.5 Å². The summed E-state index contributed by atoms with van der Waals surface area (Å²) in [6.07, 6.45) is 2.73. The number of hydrogen-bond donors (Lipinski definition) is 1. The quantitative estimate of drug-likeness (QED) is 0.768. The van der Waals surface area contributed by atoms with Crippen LogP contribution in [-0.2, 0) is 20.0 Å². The molecule has 74 valence electrons. The Morgan fingerprint density at radius 2 is 2.29 bits per heavy atom. The van der Waals surface area contributed by atoms with E-state index >= 15 is 0 Å². The molecule has 0 aliphatic carbocycles. The smallest absolute Gasteiger partial charge is 0.157 e. The topological polar surface area (TPSA) is 56.7 Å². The van der Waals surface area contributed by atoms with Crippen LogP contribution in [0.3, 0.4) is 0 Å². The van der Waals surface area contributed by atoms with Crippen molar-refractivity contribution in [1.82, 2.24) is 14.8 Å². The van der Waals surface area contributed by atoms with Crippen molar-refractivity contribution in [2.75, 3.05) is 0 Å². The van der Waals surface area contributed by atoms with E-state index in [-0.39, 0.29) is 0 Å². The molecule has 0 aliphatic heterocycles. The SMILES string of the molecule is CCc1nn(C)c2ncc(CN)cc12. The molecule has 2 aromatic heterocycles. The van der Waals surface area contributed by atoms with Gasteiger partial charge in [-0.2, -0.15) is 5.10 Å². The minimum atomic E-state index is 0.529. The Morgan fingerprint density at radius 3 is 2.93 bits per heavy atom. The third-order valence-corrected chi connectivity index (χ3v) is 2.38. The summed E-state index contributed by atoms with van der Waals surface area (Å²) in [6.45, 7) is 2.62.